The van der Waals surface area contributed by atoms with Crippen molar-refractivity contribution in [2.45, 2.75) is 12.3 Å². The van der Waals surface area contributed by atoms with Gasteiger partial charge in [0.05, 0.1) is 0 Å². The predicted octanol–water partition coefficient (Wildman–Crippen LogP) is 3.43. The van der Waals surface area contributed by atoms with Crippen molar-refractivity contribution in [3.05, 3.63) is 60.3 Å². The average molecular weight is 330 g/mol. The number of halogens is 1. The Labute approximate surface area is 144 Å². The number of benzene rings is 1. The molecule has 2 fully saturated rings. The standard InChI is InChI=1S/C19H23N3.ClH/c1-2-6-16(7-3-1)18-14-17(18)15-21-10-12-22(13-11-21)19-8-4-5-9-20-19;/h1-9,17-18H,10-15H2;1H/t17-,18-;/m1./s1. The number of anilines is 1. The SMILES string of the molecule is Cl.c1ccc([C@H]2C[C@@H]2CN2CCN(c3ccccn3)CC2)cc1. The summed E-state index contributed by atoms with van der Waals surface area (Å²) in [5.41, 5.74) is 1.53. The second kappa shape index (κ2) is 7.33. The lowest BCUT2D eigenvalue weighted by Crippen LogP contribution is -2.47. The molecule has 4 rings (SSSR count). The minimum Gasteiger partial charge on any atom is -0.354 e. The predicted molar refractivity (Wildman–Crippen MR) is 97.4 cm³/mol. The van der Waals surface area contributed by atoms with E-state index in [1.165, 1.54) is 18.5 Å². The molecule has 0 unspecified atom stereocenters. The third-order valence-electron chi connectivity index (χ3n) is 4.99. The molecule has 2 atom stereocenters. The number of pyridine rings is 1. The van der Waals surface area contributed by atoms with Crippen LogP contribution in [0, 0.1) is 5.92 Å². The van der Waals surface area contributed by atoms with Gasteiger partial charge in [-0.2, -0.15) is 0 Å². The summed E-state index contributed by atoms with van der Waals surface area (Å²) in [6.45, 7) is 5.78. The van der Waals surface area contributed by atoms with Crippen LogP contribution in [0.1, 0.15) is 17.9 Å². The van der Waals surface area contributed by atoms with Crippen LogP contribution < -0.4 is 4.90 Å². The van der Waals surface area contributed by atoms with Crippen molar-refractivity contribution < 1.29 is 0 Å². The summed E-state index contributed by atoms with van der Waals surface area (Å²) < 4.78 is 0. The van der Waals surface area contributed by atoms with Gasteiger partial charge >= 0.3 is 0 Å². The topological polar surface area (TPSA) is 19.4 Å². The monoisotopic (exact) mass is 329 g/mol. The highest BCUT2D eigenvalue weighted by Crippen LogP contribution is 2.47. The number of hydrogen-bond donors (Lipinski definition) is 0. The van der Waals surface area contributed by atoms with Crippen LogP contribution in [0.15, 0.2) is 54.7 Å². The molecule has 0 N–H and O–H groups in total. The Bertz CT molecular complexity index is 597. The van der Waals surface area contributed by atoms with Crippen LogP contribution in [0.3, 0.4) is 0 Å². The Balaban J connectivity index is 0.00000156. The van der Waals surface area contributed by atoms with Gasteiger partial charge in [-0.25, -0.2) is 4.98 Å². The Morgan fingerprint density at radius 3 is 2.35 bits per heavy atom. The highest BCUT2D eigenvalue weighted by molar-refractivity contribution is 5.85. The van der Waals surface area contributed by atoms with Crippen molar-refractivity contribution in [2.24, 2.45) is 5.92 Å². The zero-order valence-corrected chi connectivity index (χ0v) is 14.2. The van der Waals surface area contributed by atoms with Crippen LogP contribution in [-0.4, -0.2) is 42.6 Å². The maximum atomic E-state index is 4.46. The van der Waals surface area contributed by atoms with Gasteiger partial charge in [0, 0.05) is 38.9 Å². The largest absolute Gasteiger partial charge is 0.354 e. The molecule has 23 heavy (non-hydrogen) atoms. The molecule has 0 spiro atoms. The van der Waals surface area contributed by atoms with E-state index >= 15 is 0 Å². The summed E-state index contributed by atoms with van der Waals surface area (Å²) in [5, 5.41) is 0. The molecule has 0 amide bonds. The van der Waals surface area contributed by atoms with Gasteiger partial charge in [-0.15, -0.1) is 12.4 Å². The van der Waals surface area contributed by atoms with E-state index in [1.807, 2.05) is 12.3 Å². The number of piperazine rings is 1. The van der Waals surface area contributed by atoms with Crippen molar-refractivity contribution >= 4 is 18.2 Å². The van der Waals surface area contributed by atoms with Crippen molar-refractivity contribution in [1.82, 2.24) is 9.88 Å². The van der Waals surface area contributed by atoms with E-state index in [4.69, 9.17) is 0 Å². The second-order valence-corrected chi connectivity index (χ2v) is 6.49. The molecule has 122 valence electrons. The molecule has 2 aromatic rings. The number of hydrogen-bond acceptors (Lipinski definition) is 3. The van der Waals surface area contributed by atoms with E-state index in [9.17, 15) is 0 Å². The van der Waals surface area contributed by atoms with Gasteiger partial charge in [0.2, 0.25) is 0 Å². The molecule has 1 saturated heterocycles. The molecular weight excluding hydrogens is 306 g/mol. The molecule has 0 radical (unpaired) electrons. The molecule has 1 aromatic heterocycles. The van der Waals surface area contributed by atoms with Crippen molar-refractivity contribution in [3.8, 4) is 0 Å². The number of aromatic nitrogens is 1. The number of rotatable bonds is 4. The second-order valence-electron chi connectivity index (χ2n) is 6.49. The molecular formula is C19H24ClN3. The average Bonchev–Trinajstić information content (AvgIpc) is 3.36. The lowest BCUT2D eigenvalue weighted by molar-refractivity contribution is 0.246. The summed E-state index contributed by atoms with van der Waals surface area (Å²) in [6.07, 6.45) is 3.25. The normalized spacial score (nSPS) is 24.1. The maximum Gasteiger partial charge on any atom is 0.128 e. The van der Waals surface area contributed by atoms with Gasteiger partial charge in [-0.05, 0) is 36.0 Å². The first-order valence-electron chi connectivity index (χ1n) is 8.33. The van der Waals surface area contributed by atoms with Crippen LogP contribution in [0.25, 0.3) is 0 Å². The van der Waals surface area contributed by atoms with Crippen LogP contribution in [0.2, 0.25) is 0 Å². The van der Waals surface area contributed by atoms with Crippen molar-refractivity contribution in [1.29, 1.82) is 0 Å². The third kappa shape index (κ3) is 3.85. The molecule has 1 aromatic carbocycles. The van der Waals surface area contributed by atoms with E-state index in [2.05, 4.69) is 57.2 Å². The molecule has 2 aliphatic rings. The molecule has 1 saturated carbocycles. The minimum atomic E-state index is 0. The first-order valence-corrected chi connectivity index (χ1v) is 8.33. The lowest BCUT2D eigenvalue weighted by atomic mass is 10.1. The highest BCUT2D eigenvalue weighted by atomic mass is 35.5. The Morgan fingerprint density at radius 2 is 1.65 bits per heavy atom. The van der Waals surface area contributed by atoms with Crippen LogP contribution >= 0.6 is 12.4 Å². The van der Waals surface area contributed by atoms with Gasteiger partial charge < -0.3 is 4.90 Å². The van der Waals surface area contributed by atoms with Gasteiger partial charge in [-0.1, -0.05) is 36.4 Å². The lowest BCUT2D eigenvalue weighted by Gasteiger charge is -2.35. The van der Waals surface area contributed by atoms with E-state index in [0.717, 1.165) is 43.8 Å². The molecule has 0 bridgehead atoms. The molecule has 2 heterocycles. The molecule has 1 aliphatic carbocycles. The van der Waals surface area contributed by atoms with E-state index < -0.39 is 0 Å². The third-order valence-corrected chi connectivity index (χ3v) is 4.99. The van der Waals surface area contributed by atoms with Crippen LogP contribution in [0.4, 0.5) is 5.82 Å². The summed E-state index contributed by atoms with van der Waals surface area (Å²) in [6, 6.07) is 17.2. The zero-order valence-electron chi connectivity index (χ0n) is 13.3. The van der Waals surface area contributed by atoms with Gasteiger partial charge in [0.25, 0.3) is 0 Å². The van der Waals surface area contributed by atoms with E-state index in [-0.39, 0.29) is 12.4 Å². The Kier molecular flexibility index (Phi) is 5.19. The maximum absolute atomic E-state index is 4.46. The number of nitrogens with zero attached hydrogens (tertiary/aromatic N) is 3. The van der Waals surface area contributed by atoms with E-state index in [0.29, 0.717) is 0 Å². The molecule has 3 nitrogen and oxygen atoms in total. The van der Waals surface area contributed by atoms with Crippen LogP contribution in [0.5, 0.6) is 0 Å². The smallest absolute Gasteiger partial charge is 0.128 e. The quantitative estimate of drug-likeness (QED) is 0.856. The minimum absolute atomic E-state index is 0. The Hall–Kier alpha value is -1.58. The first kappa shape index (κ1) is 16.3. The summed E-state index contributed by atoms with van der Waals surface area (Å²) in [5.74, 6) is 2.79. The summed E-state index contributed by atoms with van der Waals surface area (Å²) >= 11 is 0. The van der Waals surface area contributed by atoms with Crippen LogP contribution in [-0.2, 0) is 0 Å². The van der Waals surface area contributed by atoms with Crippen molar-refractivity contribution in [3.63, 3.8) is 0 Å². The summed E-state index contributed by atoms with van der Waals surface area (Å²) in [7, 11) is 0. The first-order chi connectivity index (χ1) is 10.9. The molecule has 1 aliphatic heterocycles. The van der Waals surface area contributed by atoms with Gasteiger partial charge in [-0.3, -0.25) is 4.90 Å². The highest BCUT2D eigenvalue weighted by Gasteiger charge is 2.39. The van der Waals surface area contributed by atoms with Gasteiger partial charge in [0.1, 0.15) is 5.82 Å². The van der Waals surface area contributed by atoms with Gasteiger partial charge in [0.15, 0.2) is 0 Å². The zero-order chi connectivity index (χ0) is 14.8. The summed E-state index contributed by atoms with van der Waals surface area (Å²) in [4.78, 5) is 9.49. The fourth-order valence-corrected chi connectivity index (χ4v) is 3.59. The fourth-order valence-electron chi connectivity index (χ4n) is 3.59. The van der Waals surface area contributed by atoms with Crippen molar-refractivity contribution in [2.75, 3.05) is 37.6 Å². The Morgan fingerprint density at radius 1 is 0.913 bits per heavy atom. The fraction of sp³-hybridized carbons (Fsp3) is 0.421. The molecule has 4 heteroatoms. The van der Waals surface area contributed by atoms with E-state index in [1.54, 1.807) is 0 Å².